The van der Waals surface area contributed by atoms with Crippen LogP contribution >= 0.6 is 0 Å². The summed E-state index contributed by atoms with van der Waals surface area (Å²) in [4.78, 5) is 17.3. The van der Waals surface area contributed by atoms with Crippen molar-refractivity contribution in [1.82, 2.24) is 4.98 Å². The summed E-state index contributed by atoms with van der Waals surface area (Å²) in [6.45, 7) is 8.84. The Morgan fingerprint density at radius 3 is 2.39 bits per heavy atom. The Morgan fingerprint density at radius 2 is 1.68 bits per heavy atom. The van der Waals surface area contributed by atoms with Gasteiger partial charge in [-0.1, -0.05) is 12.1 Å². The molecule has 2 aromatic carbocycles. The summed E-state index contributed by atoms with van der Waals surface area (Å²) in [5, 5.41) is 2.92. The molecule has 6 heteroatoms. The van der Waals surface area contributed by atoms with E-state index in [4.69, 9.17) is 14.2 Å². The molecule has 0 spiro atoms. The third-order valence-electron chi connectivity index (χ3n) is 4.63. The predicted molar refractivity (Wildman–Crippen MR) is 121 cm³/mol. The summed E-state index contributed by atoms with van der Waals surface area (Å²) in [5.41, 5.74) is 2.61. The smallest absolute Gasteiger partial charge is 0.257 e. The zero-order valence-corrected chi connectivity index (χ0v) is 18.3. The normalized spacial score (nSPS) is 11.6. The van der Waals surface area contributed by atoms with Crippen molar-refractivity contribution in [2.75, 3.05) is 18.5 Å². The summed E-state index contributed by atoms with van der Waals surface area (Å²) < 4.78 is 17.0. The third kappa shape index (κ3) is 6.06. The summed E-state index contributed by atoms with van der Waals surface area (Å²) in [6.07, 6.45) is -0.115. The molecule has 0 saturated carbocycles. The number of aromatic nitrogens is 1. The predicted octanol–water partition coefficient (Wildman–Crippen LogP) is 5.93. The average Bonchev–Trinajstić information content (AvgIpc) is 2.74. The van der Waals surface area contributed by atoms with E-state index in [0.717, 1.165) is 11.4 Å². The quantitative estimate of drug-likeness (QED) is 0.464. The van der Waals surface area contributed by atoms with Crippen LogP contribution in [0.2, 0.25) is 0 Å². The lowest BCUT2D eigenvalue weighted by Crippen LogP contribution is -2.15. The van der Waals surface area contributed by atoms with E-state index in [2.05, 4.69) is 10.3 Å². The van der Waals surface area contributed by atoms with E-state index >= 15 is 0 Å². The molecule has 0 aliphatic rings. The number of aryl methyl sites for hydroxylation is 1. The molecule has 6 nitrogen and oxygen atoms in total. The first-order valence-electron chi connectivity index (χ1n) is 10.4. The zero-order chi connectivity index (χ0) is 22.2. The fraction of sp³-hybridized carbons (Fsp3) is 0.280. The van der Waals surface area contributed by atoms with Crippen molar-refractivity contribution >= 4 is 11.6 Å². The van der Waals surface area contributed by atoms with Crippen molar-refractivity contribution in [3.05, 3.63) is 77.6 Å². The van der Waals surface area contributed by atoms with E-state index in [0.29, 0.717) is 41.7 Å². The molecule has 31 heavy (non-hydrogen) atoms. The molecule has 0 radical (unpaired) electrons. The van der Waals surface area contributed by atoms with E-state index < -0.39 is 0 Å². The second kappa shape index (κ2) is 10.6. The largest absolute Gasteiger partial charge is 0.494 e. The molecule has 0 saturated heterocycles. The van der Waals surface area contributed by atoms with Gasteiger partial charge < -0.3 is 19.5 Å². The van der Waals surface area contributed by atoms with Crippen LogP contribution < -0.4 is 14.8 Å². The van der Waals surface area contributed by atoms with Gasteiger partial charge in [0.15, 0.2) is 0 Å². The van der Waals surface area contributed by atoms with Crippen molar-refractivity contribution in [3.8, 4) is 17.2 Å². The van der Waals surface area contributed by atoms with Crippen LogP contribution in [0, 0.1) is 6.92 Å². The van der Waals surface area contributed by atoms with Crippen LogP contribution in [-0.2, 0) is 4.74 Å². The van der Waals surface area contributed by atoms with Gasteiger partial charge in [-0.05, 0) is 64.1 Å². The molecular weight excluding hydrogens is 392 g/mol. The van der Waals surface area contributed by atoms with Gasteiger partial charge in [-0.25, -0.2) is 0 Å². The van der Waals surface area contributed by atoms with Crippen molar-refractivity contribution in [3.63, 3.8) is 0 Å². The van der Waals surface area contributed by atoms with Gasteiger partial charge in [-0.15, -0.1) is 0 Å². The van der Waals surface area contributed by atoms with Crippen LogP contribution in [0.4, 0.5) is 5.69 Å². The highest BCUT2D eigenvalue weighted by Gasteiger charge is 2.14. The lowest BCUT2D eigenvalue weighted by atomic mass is 10.1. The van der Waals surface area contributed by atoms with Crippen LogP contribution in [0.25, 0.3) is 0 Å². The minimum absolute atomic E-state index is 0.115. The molecule has 1 atom stereocenters. The lowest BCUT2D eigenvalue weighted by molar-refractivity contribution is 0.0732. The number of rotatable bonds is 9. The zero-order valence-electron chi connectivity index (χ0n) is 18.3. The van der Waals surface area contributed by atoms with Gasteiger partial charge in [-0.2, -0.15) is 0 Å². The molecular formula is C25H28N2O4. The molecule has 0 fully saturated rings. The number of hydrogen-bond donors (Lipinski definition) is 1. The van der Waals surface area contributed by atoms with Crippen molar-refractivity contribution in [2.24, 2.45) is 0 Å². The minimum Gasteiger partial charge on any atom is -0.494 e. The Kier molecular flexibility index (Phi) is 7.62. The number of pyridine rings is 1. The molecule has 3 rings (SSSR count). The standard InChI is InChI=1S/C25H28N2O4/c1-5-29-18(4)24-14-13-23(17(3)26-24)25(28)27-19-9-7-11-21(15-19)31-22-12-8-10-20(16-22)30-6-2/h7-16,18H,5-6H2,1-4H3,(H,27,28). The van der Waals surface area contributed by atoms with E-state index in [1.54, 1.807) is 12.1 Å². The molecule has 1 N–H and O–H groups in total. The maximum Gasteiger partial charge on any atom is 0.257 e. The van der Waals surface area contributed by atoms with Gasteiger partial charge in [0.1, 0.15) is 17.2 Å². The minimum atomic E-state index is -0.226. The van der Waals surface area contributed by atoms with Crippen LogP contribution in [0.5, 0.6) is 17.2 Å². The summed E-state index contributed by atoms with van der Waals surface area (Å²) >= 11 is 0. The van der Waals surface area contributed by atoms with Crippen molar-refractivity contribution < 1.29 is 19.0 Å². The number of hydrogen-bond acceptors (Lipinski definition) is 5. The molecule has 1 aromatic heterocycles. The average molecular weight is 421 g/mol. The maximum absolute atomic E-state index is 12.8. The van der Waals surface area contributed by atoms with Crippen LogP contribution in [0.15, 0.2) is 60.7 Å². The first kappa shape index (κ1) is 22.3. The number of amides is 1. The Bertz CT molecular complexity index is 1040. The summed E-state index contributed by atoms with van der Waals surface area (Å²) in [7, 11) is 0. The maximum atomic E-state index is 12.8. The first-order valence-corrected chi connectivity index (χ1v) is 10.4. The Balaban J connectivity index is 1.70. The monoisotopic (exact) mass is 420 g/mol. The fourth-order valence-corrected chi connectivity index (χ4v) is 3.15. The Labute approximate surface area is 183 Å². The highest BCUT2D eigenvalue weighted by atomic mass is 16.5. The van der Waals surface area contributed by atoms with Gasteiger partial charge in [0.25, 0.3) is 5.91 Å². The number of benzene rings is 2. The molecule has 1 amide bonds. The molecule has 3 aromatic rings. The van der Waals surface area contributed by atoms with E-state index in [1.165, 1.54) is 0 Å². The SMILES string of the molecule is CCOc1cccc(Oc2cccc(NC(=O)c3ccc(C(C)OCC)nc3C)c2)c1. The van der Waals surface area contributed by atoms with E-state index in [-0.39, 0.29) is 12.0 Å². The molecule has 0 bridgehead atoms. The number of anilines is 1. The number of ether oxygens (including phenoxy) is 3. The summed E-state index contributed by atoms with van der Waals surface area (Å²) in [5.74, 6) is 1.79. The number of nitrogens with one attached hydrogen (secondary N) is 1. The molecule has 1 heterocycles. The van der Waals surface area contributed by atoms with Crippen molar-refractivity contribution in [1.29, 1.82) is 0 Å². The number of carbonyl (C=O) groups is 1. The van der Waals surface area contributed by atoms with E-state index in [9.17, 15) is 4.79 Å². The lowest BCUT2D eigenvalue weighted by Gasteiger charge is -2.14. The van der Waals surface area contributed by atoms with Crippen molar-refractivity contribution in [2.45, 2.75) is 33.8 Å². The number of nitrogens with zero attached hydrogens (tertiary/aromatic N) is 1. The molecule has 162 valence electrons. The summed E-state index contributed by atoms with van der Waals surface area (Å²) in [6, 6.07) is 18.3. The van der Waals surface area contributed by atoms with Crippen LogP contribution in [-0.4, -0.2) is 24.1 Å². The molecule has 0 aliphatic heterocycles. The Hall–Kier alpha value is -3.38. The van der Waals surface area contributed by atoms with Gasteiger partial charge >= 0.3 is 0 Å². The second-order valence-electron chi connectivity index (χ2n) is 6.96. The van der Waals surface area contributed by atoms with E-state index in [1.807, 2.05) is 76.2 Å². The van der Waals surface area contributed by atoms with Crippen LogP contribution in [0.1, 0.15) is 48.6 Å². The highest BCUT2D eigenvalue weighted by molar-refractivity contribution is 6.05. The number of carbonyl (C=O) groups excluding carboxylic acids is 1. The first-order chi connectivity index (χ1) is 15.0. The third-order valence-corrected chi connectivity index (χ3v) is 4.63. The van der Waals surface area contributed by atoms with Gasteiger partial charge in [0.05, 0.1) is 29.7 Å². The van der Waals surface area contributed by atoms with Gasteiger partial charge in [0, 0.05) is 24.4 Å². The topological polar surface area (TPSA) is 69.7 Å². The second-order valence-corrected chi connectivity index (χ2v) is 6.96. The highest BCUT2D eigenvalue weighted by Crippen LogP contribution is 2.27. The van der Waals surface area contributed by atoms with Gasteiger partial charge in [0.2, 0.25) is 0 Å². The van der Waals surface area contributed by atoms with Crippen LogP contribution in [0.3, 0.4) is 0 Å². The molecule has 1 unspecified atom stereocenters. The Morgan fingerprint density at radius 1 is 0.968 bits per heavy atom. The fourth-order valence-electron chi connectivity index (χ4n) is 3.15. The molecule has 0 aliphatic carbocycles. The van der Waals surface area contributed by atoms with Gasteiger partial charge in [-0.3, -0.25) is 9.78 Å².